The molecule has 7 nitrogen and oxygen atoms in total. The van der Waals surface area contributed by atoms with Gasteiger partial charge >= 0.3 is 0 Å². The highest BCUT2D eigenvalue weighted by molar-refractivity contribution is 9.10. The lowest BCUT2D eigenvalue weighted by atomic mass is 10.1. The Morgan fingerprint density at radius 1 is 1.05 bits per heavy atom. The highest BCUT2D eigenvalue weighted by Gasteiger charge is 2.40. The minimum absolute atomic E-state index is 0.105. The van der Waals surface area contributed by atoms with Crippen molar-refractivity contribution in [3.63, 3.8) is 0 Å². The Balaban J connectivity index is 1.47. The largest absolute Gasteiger partial charge is 0.341 e. The second-order valence-electron chi connectivity index (χ2n) is 9.15. The van der Waals surface area contributed by atoms with Gasteiger partial charge in [-0.1, -0.05) is 28.1 Å². The first-order chi connectivity index (χ1) is 18.3. The van der Waals surface area contributed by atoms with Crippen molar-refractivity contribution in [2.24, 2.45) is 0 Å². The number of aromatic nitrogens is 2. The lowest BCUT2D eigenvalue weighted by Gasteiger charge is -2.23. The number of nitrogens with one attached hydrogen (secondary N) is 1. The second-order valence-corrected chi connectivity index (χ2v) is 10.1. The van der Waals surface area contributed by atoms with E-state index in [1.54, 1.807) is 28.6 Å². The number of ether oxygens (including phenoxy) is 1. The zero-order chi connectivity index (χ0) is 26.8. The maximum absolute atomic E-state index is 13.7. The van der Waals surface area contributed by atoms with E-state index >= 15 is 0 Å². The van der Waals surface area contributed by atoms with Gasteiger partial charge in [-0.15, -0.1) is 0 Å². The molecule has 0 aliphatic carbocycles. The van der Waals surface area contributed by atoms with Gasteiger partial charge in [0.25, 0.3) is 5.91 Å². The van der Waals surface area contributed by atoms with Crippen LogP contribution in [0, 0.1) is 5.82 Å². The molecule has 9 heteroatoms. The Hall–Kier alpha value is -3.82. The normalized spacial score (nSPS) is 17.2. The van der Waals surface area contributed by atoms with Crippen LogP contribution in [0.25, 0.3) is 16.9 Å². The van der Waals surface area contributed by atoms with Crippen molar-refractivity contribution in [3.05, 3.63) is 100 Å². The molecule has 194 valence electrons. The van der Waals surface area contributed by atoms with E-state index in [1.807, 2.05) is 54.7 Å². The van der Waals surface area contributed by atoms with Gasteiger partial charge in [-0.2, -0.15) is 5.10 Å². The van der Waals surface area contributed by atoms with Crippen LogP contribution < -0.4 is 5.32 Å². The standard InChI is InChI=1S/C29H26BrFN4O3/c1-18-28(37)34(16-15-20-3-11-24(12-4-20)32-19(2)36)29(38-18)26-17-35(25-13-7-22(30)8-14-25)33-27(26)21-5-9-23(31)10-6-21/h3-14,17-18,29H,15-16H2,1-2H3,(H,32,36). The van der Waals surface area contributed by atoms with Gasteiger partial charge in [-0.3, -0.25) is 9.59 Å². The number of nitrogens with zero attached hydrogens (tertiary/aromatic N) is 3. The molecule has 2 unspecified atom stereocenters. The first-order valence-corrected chi connectivity index (χ1v) is 13.0. The van der Waals surface area contributed by atoms with Crippen molar-refractivity contribution in [1.29, 1.82) is 0 Å². The summed E-state index contributed by atoms with van der Waals surface area (Å²) in [5, 5.41) is 7.57. The van der Waals surface area contributed by atoms with Crippen molar-refractivity contribution in [1.82, 2.24) is 14.7 Å². The zero-order valence-electron chi connectivity index (χ0n) is 20.9. The highest BCUT2D eigenvalue weighted by atomic mass is 79.9. The number of hydrogen-bond donors (Lipinski definition) is 1. The maximum atomic E-state index is 13.7. The highest BCUT2D eigenvalue weighted by Crippen LogP contribution is 2.37. The summed E-state index contributed by atoms with van der Waals surface area (Å²) in [6, 6.07) is 21.4. The maximum Gasteiger partial charge on any atom is 0.253 e. The summed E-state index contributed by atoms with van der Waals surface area (Å²) in [7, 11) is 0. The Morgan fingerprint density at radius 2 is 1.74 bits per heavy atom. The number of benzene rings is 3. The monoisotopic (exact) mass is 576 g/mol. The van der Waals surface area contributed by atoms with Gasteiger partial charge in [0, 0.05) is 41.0 Å². The molecule has 0 spiro atoms. The molecular formula is C29H26BrFN4O3. The Labute approximate surface area is 228 Å². The van der Waals surface area contributed by atoms with Crippen LogP contribution >= 0.6 is 15.9 Å². The summed E-state index contributed by atoms with van der Waals surface area (Å²) in [5.41, 5.74) is 4.64. The summed E-state index contributed by atoms with van der Waals surface area (Å²) in [4.78, 5) is 26.2. The predicted octanol–water partition coefficient (Wildman–Crippen LogP) is 5.89. The molecule has 2 amide bonds. The van der Waals surface area contributed by atoms with Crippen LogP contribution in [0.1, 0.15) is 31.2 Å². The molecule has 0 saturated carbocycles. The number of carbonyl (C=O) groups is 2. The average molecular weight is 577 g/mol. The molecule has 4 aromatic rings. The van der Waals surface area contributed by atoms with Crippen molar-refractivity contribution in [3.8, 4) is 16.9 Å². The third kappa shape index (κ3) is 5.54. The zero-order valence-corrected chi connectivity index (χ0v) is 22.5. The van der Waals surface area contributed by atoms with E-state index in [1.165, 1.54) is 19.1 Å². The fraction of sp³-hybridized carbons (Fsp3) is 0.207. The van der Waals surface area contributed by atoms with Gasteiger partial charge in [0.15, 0.2) is 6.23 Å². The number of carbonyl (C=O) groups excluding carboxylic acids is 2. The SMILES string of the molecule is CC(=O)Nc1ccc(CCN2C(=O)C(C)OC2c2cn(-c3ccc(Br)cc3)nc2-c2ccc(F)cc2)cc1. The van der Waals surface area contributed by atoms with Crippen LogP contribution in [0.15, 0.2) is 83.5 Å². The lowest BCUT2D eigenvalue weighted by molar-refractivity contribution is -0.130. The van der Waals surface area contributed by atoms with Gasteiger partial charge in [0.05, 0.1) is 5.69 Å². The van der Waals surface area contributed by atoms with Crippen LogP contribution in [-0.4, -0.2) is 39.1 Å². The third-order valence-electron chi connectivity index (χ3n) is 6.38. The van der Waals surface area contributed by atoms with E-state index in [0.717, 1.165) is 32.5 Å². The summed E-state index contributed by atoms with van der Waals surface area (Å²) in [5.74, 6) is -0.573. The number of anilines is 1. The number of hydrogen-bond acceptors (Lipinski definition) is 4. The smallest absolute Gasteiger partial charge is 0.253 e. The predicted molar refractivity (Wildman–Crippen MR) is 146 cm³/mol. The Bertz CT molecular complexity index is 1450. The first-order valence-electron chi connectivity index (χ1n) is 12.2. The summed E-state index contributed by atoms with van der Waals surface area (Å²) < 4.78 is 22.6. The molecule has 1 fully saturated rings. The van der Waals surface area contributed by atoms with Crippen molar-refractivity contribution < 1.29 is 18.7 Å². The van der Waals surface area contributed by atoms with Crippen LogP contribution in [0.5, 0.6) is 0 Å². The molecular weight excluding hydrogens is 551 g/mol. The molecule has 5 rings (SSSR count). The summed E-state index contributed by atoms with van der Waals surface area (Å²) in [6.45, 7) is 3.64. The third-order valence-corrected chi connectivity index (χ3v) is 6.91. The van der Waals surface area contributed by atoms with Crippen LogP contribution in [0.4, 0.5) is 10.1 Å². The fourth-order valence-electron chi connectivity index (χ4n) is 4.48. The number of halogens is 2. The average Bonchev–Trinajstić information content (AvgIpc) is 3.45. The molecule has 1 aromatic heterocycles. The fourth-order valence-corrected chi connectivity index (χ4v) is 4.74. The second kappa shape index (κ2) is 10.9. The van der Waals surface area contributed by atoms with Gasteiger partial charge in [-0.05, 0) is 79.6 Å². The van der Waals surface area contributed by atoms with E-state index in [2.05, 4.69) is 21.2 Å². The van der Waals surface area contributed by atoms with Crippen LogP contribution in [0.2, 0.25) is 0 Å². The molecule has 0 radical (unpaired) electrons. The molecule has 1 N–H and O–H groups in total. The van der Waals surface area contributed by atoms with E-state index in [0.29, 0.717) is 18.7 Å². The van der Waals surface area contributed by atoms with Gasteiger partial charge < -0.3 is 15.0 Å². The quantitative estimate of drug-likeness (QED) is 0.298. The Morgan fingerprint density at radius 3 is 2.39 bits per heavy atom. The van der Waals surface area contributed by atoms with E-state index < -0.39 is 12.3 Å². The number of rotatable bonds is 7. The van der Waals surface area contributed by atoms with Gasteiger partial charge in [-0.25, -0.2) is 9.07 Å². The molecule has 1 aliphatic rings. The van der Waals surface area contributed by atoms with E-state index in [-0.39, 0.29) is 17.6 Å². The summed E-state index contributed by atoms with van der Waals surface area (Å²) >= 11 is 3.46. The first kappa shape index (κ1) is 25.8. The van der Waals surface area contributed by atoms with Gasteiger partial charge in [0.2, 0.25) is 5.91 Å². The van der Waals surface area contributed by atoms with Crippen molar-refractivity contribution in [2.75, 3.05) is 11.9 Å². The molecule has 3 aromatic carbocycles. The van der Waals surface area contributed by atoms with Gasteiger partial charge in [0.1, 0.15) is 17.6 Å². The Kier molecular flexibility index (Phi) is 7.40. The van der Waals surface area contributed by atoms with Crippen molar-refractivity contribution >= 4 is 33.4 Å². The molecule has 38 heavy (non-hydrogen) atoms. The lowest BCUT2D eigenvalue weighted by Crippen LogP contribution is -2.32. The minimum Gasteiger partial charge on any atom is -0.341 e. The molecule has 2 heterocycles. The minimum atomic E-state index is -0.652. The number of amides is 2. The van der Waals surface area contributed by atoms with Crippen molar-refractivity contribution in [2.45, 2.75) is 32.6 Å². The topological polar surface area (TPSA) is 76.5 Å². The molecule has 0 bridgehead atoms. The van der Waals surface area contributed by atoms with E-state index in [4.69, 9.17) is 9.84 Å². The van der Waals surface area contributed by atoms with E-state index in [9.17, 15) is 14.0 Å². The molecule has 1 aliphatic heterocycles. The van der Waals surface area contributed by atoms with Crippen LogP contribution in [-0.2, 0) is 20.7 Å². The van der Waals surface area contributed by atoms with Crippen LogP contribution in [0.3, 0.4) is 0 Å². The molecule has 1 saturated heterocycles. The summed E-state index contributed by atoms with van der Waals surface area (Å²) in [6.07, 6.45) is 1.21. The molecule has 2 atom stereocenters.